The first kappa shape index (κ1) is 12.0. The fourth-order valence-corrected chi connectivity index (χ4v) is 2.04. The number of rotatable bonds is 2. The summed E-state index contributed by atoms with van der Waals surface area (Å²) in [6, 6.07) is 5.93. The molecule has 0 fully saturated rings. The van der Waals surface area contributed by atoms with Crippen molar-refractivity contribution >= 4 is 5.91 Å². The van der Waals surface area contributed by atoms with Crippen LogP contribution >= 0.6 is 0 Å². The van der Waals surface area contributed by atoms with Crippen LogP contribution < -0.4 is 4.74 Å². The van der Waals surface area contributed by atoms with Crippen molar-refractivity contribution in [1.82, 2.24) is 4.90 Å². The molecule has 0 atom stereocenters. The van der Waals surface area contributed by atoms with Gasteiger partial charge in [0.2, 0.25) is 0 Å². The van der Waals surface area contributed by atoms with Gasteiger partial charge in [-0.3, -0.25) is 4.79 Å². The Bertz CT molecular complexity index is 426. The lowest BCUT2D eigenvalue weighted by Gasteiger charge is -2.17. The molecule has 0 unspecified atom stereocenters. The Balaban J connectivity index is 2.43. The molecule has 0 saturated heterocycles. The second-order valence-corrected chi connectivity index (χ2v) is 4.64. The van der Waals surface area contributed by atoms with E-state index in [0.29, 0.717) is 24.6 Å². The lowest BCUT2D eigenvalue weighted by atomic mass is 10.00. The summed E-state index contributed by atoms with van der Waals surface area (Å²) in [5, 5.41) is 0. The molecule has 1 amide bonds. The normalized spacial score (nSPS) is 15.5. The van der Waals surface area contributed by atoms with Gasteiger partial charge in [0.05, 0.1) is 12.1 Å². The van der Waals surface area contributed by atoms with Crippen molar-refractivity contribution in [1.29, 1.82) is 0 Å². The largest absolute Gasteiger partial charge is 0.491 e. The van der Waals surface area contributed by atoms with Crippen molar-refractivity contribution in [3.63, 3.8) is 0 Å². The molecule has 0 aromatic heterocycles. The Labute approximate surface area is 102 Å². The van der Waals surface area contributed by atoms with Gasteiger partial charge in [0.25, 0.3) is 5.91 Å². The molecule has 1 aliphatic heterocycles. The van der Waals surface area contributed by atoms with Crippen molar-refractivity contribution in [2.75, 3.05) is 19.7 Å². The van der Waals surface area contributed by atoms with Crippen LogP contribution in [0, 0.1) is 0 Å². The standard InChI is InChI=1S/C14H19NO2/c1-4-15-7-8-17-13-6-5-11(10(2)3)9-12(13)14(15)16/h5-6,9-10H,4,7-8H2,1-3H3. The number of ether oxygens (including phenoxy) is 1. The number of hydrogen-bond acceptors (Lipinski definition) is 2. The van der Waals surface area contributed by atoms with Crippen molar-refractivity contribution in [2.45, 2.75) is 26.7 Å². The van der Waals surface area contributed by atoms with Gasteiger partial charge in [0.1, 0.15) is 12.4 Å². The molecule has 0 bridgehead atoms. The number of amides is 1. The molecule has 1 heterocycles. The monoisotopic (exact) mass is 233 g/mol. The fraction of sp³-hybridized carbons (Fsp3) is 0.500. The molecular weight excluding hydrogens is 214 g/mol. The van der Waals surface area contributed by atoms with E-state index >= 15 is 0 Å². The SMILES string of the molecule is CCN1CCOc2ccc(C(C)C)cc2C1=O. The number of hydrogen-bond donors (Lipinski definition) is 0. The molecule has 1 aromatic rings. The predicted molar refractivity (Wildman–Crippen MR) is 67.6 cm³/mol. The van der Waals surface area contributed by atoms with Crippen LogP contribution in [0.15, 0.2) is 18.2 Å². The van der Waals surface area contributed by atoms with E-state index in [-0.39, 0.29) is 5.91 Å². The van der Waals surface area contributed by atoms with Crippen LogP contribution in [0.2, 0.25) is 0 Å². The third-order valence-corrected chi connectivity index (χ3v) is 3.19. The first-order valence-electron chi connectivity index (χ1n) is 6.19. The lowest BCUT2D eigenvalue weighted by Crippen LogP contribution is -2.32. The first-order valence-corrected chi connectivity index (χ1v) is 6.19. The highest BCUT2D eigenvalue weighted by molar-refractivity contribution is 5.97. The zero-order valence-corrected chi connectivity index (χ0v) is 10.7. The van der Waals surface area contributed by atoms with Crippen molar-refractivity contribution in [3.8, 4) is 5.75 Å². The van der Waals surface area contributed by atoms with Crippen LogP contribution in [0.3, 0.4) is 0 Å². The van der Waals surface area contributed by atoms with E-state index in [1.807, 2.05) is 30.0 Å². The fourth-order valence-electron chi connectivity index (χ4n) is 2.04. The molecular formula is C14H19NO2. The third kappa shape index (κ3) is 2.28. The van der Waals surface area contributed by atoms with Crippen molar-refractivity contribution in [3.05, 3.63) is 29.3 Å². The Hall–Kier alpha value is -1.51. The molecule has 0 saturated carbocycles. The van der Waals surface area contributed by atoms with E-state index in [1.165, 1.54) is 5.56 Å². The number of benzene rings is 1. The van der Waals surface area contributed by atoms with Gasteiger partial charge in [-0.05, 0) is 30.5 Å². The van der Waals surface area contributed by atoms with Crippen LogP contribution in [0.4, 0.5) is 0 Å². The highest BCUT2D eigenvalue weighted by Gasteiger charge is 2.22. The maximum Gasteiger partial charge on any atom is 0.257 e. The van der Waals surface area contributed by atoms with Crippen molar-refractivity contribution < 1.29 is 9.53 Å². The topological polar surface area (TPSA) is 29.5 Å². The molecule has 0 N–H and O–H groups in total. The van der Waals surface area contributed by atoms with Crippen LogP contribution in [0.25, 0.3) is 0 Å². The molecule has 92 valence electrons. The molecule has 2 rings (SSSR count). The maximum absolute atomic E-state index is 12.3. The molecule has 3 nitrogen and oxygen atoms in total. The van der Waals surface area contributed by atoms with Gasteiger partial charge in [-0.15, -0.1) is 0 Å². The smallest absolute Gasteiger partial charge is 0.257 e. The Morgan fingerprint density at radius 3 is 2.82 bits per heavy atom. The number of carbonyl (C=O) groups is 1. The minimum Gasteiger partial charge on any atom is -0.491 e. The molecule has 1 aliphatic rings. The Kier molecular flexibility index (Phi) is 3.36. The van der Waals surface area contributed by atoms with E-state index < -0.39 is 0 Å². The van der Waals surface area contributed by atoms with Crippen molar-refractivity contribution in [2.24, 2.45) is 0 Å². The number of likely N-dealkylation sites (N-methyl/N-ethyl adjacent to an activating group) is 1. The molecule has 0 aliphatic carbocycles. The zero-order chi connectivity index (χ0) is 12.4. The molecule has 1 aromatic carbocycles. The number of fused-ring (bicyclic) bond motifs is 1. The quantitative estimate of drug-likeness (QED) is 0.786. The summed E-state index contributed by atoms with van der Waals surface area (Å²) in [7, 11) is 0. The van der Waals surface area contributed by atoms with Crippen LogP contribution in [0.1, 0.15) is 42.6 Å². The molecule has 17 heavy (non-hydrogen) atoms. The Morgan fingerprint density at radius 2 is 2.18 bits per heavy atom. The first-order chi connectivity index (χ1) is 8.13. The van der Waals surface area contributed by atoms with Gasteiger partial charge in [0, 0.05) is 6.54 Å². The van der Waals surface area contributed by atoms with E-state index in [2.05, 4.69) is 13.8 Å². The van der Waals surface area contributed by atoms with Gasteiger partial charge in [-0.2, -0.15) is 0 Å². The van der Waals surface area contributed by atoms with Gasteiger partial charge >= 0.3 is 0 Å². The van der Waals surface area contributed by atoms with Crippen LogP contribution in [0.5, 0.6) is 5.75 Å². The molecule has 0 radical (unpaired) electrons. The zero-order valence-electron chi connectivity index (χ0n) is 10.7. The van der Waals surface area contributed by atoms with Gasteiger partial charge < -0.3 is 9.64 Å². The lowest BCUT2D eigenvalue weighted by molar-refractivity contribution is 0.0765. The summed E-state index contributed by atoms with van der Waals surface area (Å²) < 4.78 is 5.62. The Morgan fingerprint density at radius 1 is 1.41 bits per heavy atom. The van der Waals surface area contributed by atoms with E-state index in [0.717, 1.165) is 12.3 Å². The number of nitrogens with zero attached hydrogens (tertiary/aromatic N) is 1. The summed E-state index contributed by atoms with van der Waals surface area (Å²) in [6.07, 6.45) is 0. The summed E-state index contributed by atoms with van der Waals surface area (Å²) in [6.45, 7) is 8.22. The molecule has 0 spiro atoms. The molecule has 3 heteroatoms. The summed E-state index contributed by atoms with van der Waals surface area (Å²) in [4.78, 5) is 14.1. The highest BCUT2D eigenvalue weighted by Crippen LogP contribution is 2.27. The third-order valence-electron chi connectivity index (χ3n) is 3.19. The highest BCUT2D eigenvalue weighted by atomic mass is 16.5. The summed E-state index contributed by atoms with van der Waals surface area (Å²) >= 11 is 0. The predicted octanol–water partition coefficient (Wildman–Crippen LogP) is 2.66. The minimum atomic E-state index is 0.0856. The second kappa shape index (κ2) is 4.78. The van der Waals surface area contributed by atoms with Gasteiger partial charge in [-0.25, -0.2) is 0 Å². The van der Waals surface area contributed by atoms with Gasteiger partial charge in [0.15, 0.2) is 0 Å². The van der Waals surface area contributed by atoms with E-state index in [4.69, 9.17) is 4.74 Å². The minimum absolute atomic E-state index is 0.0856. The summed E-state index contributed by atoms with van der Waals surface area (Å²) in [5.41, 5.74) is 1.88. The van der Waals surface area contributed by atoms with E-state index in [1.54, 1.807) is 0 Å². The number of carbonyl (C=O) groups excluding carboxylic acids is 1. The van der Waals surface area contributed by atoms with Crippen LogP contribution in [-0.2, 0) is 0 Å². The van der Waals surface area contributed by atoms with Crippen LogP contribution in [-0.4, -0.2) is 30.5 Å². The van der Waals surface area contributed by atoms with Gasteiger partial charge in [-0.1, -0.05) is 19.9 Å². The summed E-state index contributed by atoms with van der Waals surface area (Å²) in [5.74, 6) is 1.23. The average molecular weight is 233 g/mol. The maximum atomic E-state index is 12.3. The van der Waals surface area contributed by atoms with E-state index in [9.17, 15) is 4.79 Å². The second-order valence-electron chi connectivity index (χ2n) is 4.64. The average Bonchev–Trinajstić information content (AvgIpc) is 2.48.